The van der Waals surface area contributed by atoms with Gasteiger partial charge in [-0.2, -0.15) is 0 Å². The highest BCUT2D eigenvalue weighted by Crippen LogP contribution is 2.59. The van der Waals surface area contributed by atoms with Crippen LogP contribution >= 0.6 is 0 Å². The van der Waals surface area contributed by atoms with Crippen molar-refractivity contribution in [1.29, 1.82) is 0 Å². The average molecular weight is 364 g/mol. The first-order valence-electron chi connectivity index (χ1n) is 10.7. The predicted molar refractivity (Wildman–Crippen MR) is 94.3 cm³/mol. The minimum Gasteiger partial charge on any atom is -0.348 e. The molecule has 0 N–H and O–H groups in total. The van der Waals surface area contributed by atoms with Crippen molar-refractivity contribution in [2.75, 3.05) is 26.4 Å². The van der Waals surface area contributed by atoms with Crippen LogP contribution in [0.4, 0.5) is 0 Å². The van der Waals surface area contributed by atoms with Gasteiger partial charge in [0.25, 0.3) is 0 Å². The molecule has 5 unspecified atom stereocenters. The maximum absolute atomic E-state index is 12.8. The highest BCUT2D eigenvalue weighted by molar-refractivity contribution is 5.82. The number of hydrogen-bond acceptors (Lipinski definition) is 5. The molecule has 0 aromatic rings. The Morgan fingerprint density at radius 1 is 0.885 bits per heavy atom. The molecular formula is C21H32O5. The molecule has 0 amide bonds. The van der Waals surface area contributed by atoms with Crippen molar-refractivity contribution in [3.05, 3.63) is 0 Å². The quantitative estimate of drug-likeness (QED) is 0.769. The third kappa shape index (κ3) is 2.78. The van der Waals surface area contributed by atoms with Crippen LogP contribution in [0.15, 0.2) is 0 Å². The Morgan fingerprint density at radius 2 is 1.62 bits per heavy atom. The lowest BCUT2D eigenvalue weighted by Crippen LogP contribution is -2.47. The van der Waals surface area contributed by atoms with E-state index in [4.69, 9.17) is 18.9 Å². The lowest BCUT2D eigenvalue weighted by Gasteiger charge is -2.48. The molecule has 2 saturated heterocycles. The van der Waals surface area contributed by atoms with Gasteiger partial charge in [-0.1, -0.05) is 0 Å². The summed E-state index contributed by atoms with van der Waals surface area (Å²) in [5.41, 5.74) is 0. The minimum absolute atomic E-state index is 0.196. The molecule has 5 rings (SSSR count). The molecule has 5 fully saturated rings. The van der Waals surface area contributed by atoms with Crippen LogP contribution in [0.3, 0.4) is 0 Å². The highest BCUT2D eigenvalue weighted by Gasteiger charge is 2.59. The summed E-state index contributed by atoms with van der Waals surface area (Å²) in [6, 6.07) is 0. The van der Waals surface area contributed by atoms with E-state index in [-0.39, 0.29) is 11.7 Å². The van der Waals surface area contributed by atoms with Crippen LogP contribution in [0, 0.1) is 29.6 Å². The number of ether oxygens (including phenoxy) is 4. The predicted octanol–water partition coefficient (Wildman–Crippen LogP) is 3.30. The van der Waals surface area contributed by atoms with E-state index in [1.54, 1.807) is 0 Å². The van der Waals surface area contributed by atoms with Gasteiger partial charge >= 0.3 is 0 Å². The molecule has 3 aliphatic carbocycles. The zero-order valence-corrected chi connectivity index (χ0v) is 15.9. The van der Waals surface area contributed by atoms with E-state index in [1.165, 1.54) is 6.42 Å². The molecule has 5 atom stereocenters. The van der Waals surface area contributed by atoms with E-state index < -0.39 is 5.79 Å². The maximum atomic E-state index is 12.8. The lowest BCUT2D eigenvalue weighted by molar-refractivity contribution is -0.199. The number of hydrogen-bond donors (Lipinski definition) is 0. The third-order valence-corrected chi connectivity index (χ3v) is 8.06. The summed E-state index contributed by atoms with van der Waals surface area (Å²) in [6.07, 6.45) is 8.11. The van der Waals surface area contributed by atoms with Crippen molar-refractivity contribution < 1.29 is 23.7 Å². The molecule has 5 heteroatoms. The van der Waals surface area contributed by atoms with Crippen molar-refractivity contribution in [1.82, 2.24) is 0 Å². The van der Waals surface area contributed by atoms with Gasteiger partial charge in [0.2, 0.25) is 0 Å². The fourth-order valence-corrected chi connectivity index (χ4v) is 6.91. The van der Waals surface area contributed by atoms with Gasteiger partial charge in [0.1, 0.15) is 5.78 Å². The number of Topliss-reactive ketones (excluding diaryl/α,β-unsaturated/α-hetero) is 1. The van der Waals surface area contributed by atoms with Crippen molar-refractivity contribution in [3.63, 3.8) is 0 Å². The summed E-state index contributed by atoms with van der Waals surface area (Å²) in [6.45, 7) is 4.87. The Bertz CT molecular complexity index is 549. The molecule has 0 radical (unpaired) electrons. The smallest absolute Gasteiger partial charge is 0.171 e. The van der Waals surface area contributed by atoms with Gasteiger partial charge in [0.15, 0.2) is 11.6 Å². The summed E-state index contributed by atoms with van der Waals surface area (Å²) >= 11 is 0. The number of rotatable bonds is 3. The number of fused-ring (bicyclic) bond motifs is 4. The zero-order chi connectivity index (χ0) is 17.8. The maximum Gasteiger partial charge on any atom is 0.171 e. The molecule has 146 valence electrons. The minimum atomic E-state index is -0.479. The van der Waals surface area contributed by atoms with Crippen LogP contribution in [-0.2, 0) is 23.7 Å². The van der Waals surface area contributed by atoms with E-state index in [9.17, 15) is 4.79 Å². The molecule has 0 bridgehead atoms. The molecule has 0 aromatic carbocycles. The third-order valence-electron chi connectivity index (χ3n) is 8.06. The van der Waals surface area contributed by atoms with Gasteiger partial charge in [-0.05, 0) is 56.8 Å². The largest absolute Gasteiger partial charge is 0.348 e. The fourth-order valence-electron chi connectivity index (χ4n) is 6.91. The highest BCUT2D eigenvalue weighted by atomic mass is 16.7. The van der Waals surface area contributed by atoms with Crippen molar-refractivity contribution in [2.45, 2.75) is 69.9 Å². The molecule has 5 nitrogen and oxygen atoms in total. The molecule has 5 aliphatic rings. The summed E-state index contributed by atoms with van der Waals surface area (Å²) in [4.78, 5) is 12.8. The summed E-state index contributed by atoms with van der Waals surface area (Å²) in [7, 11) is 0. The van der Waals surface area contributed by atoms with E-state index in [1.807, 2.05) is 6.92 Å². The Morgan fingerprint density at radius 3 is 2.38 bits per heavy atom. The van der Waals surface area contributed by atoms with Gasteiger partial charge in [0, 0.05) is 31.1 Å². The van der Waals surface area contributed by atoms with Crippen molar-refractivity contribution in [2.24, 2.45) is 29.6 Å². The zero-order valence-electron chi connectivity index (χ0n) is 15.9. The fraction of sp³-hybridized carbons (Fsp3) is 0.952. The lowest BCUT2D eigenvalue weighted by atomic mass is 9.57. The first-order chi connectivity index (χ1) is 12.6. The van der Waals surface area contributed by atoms with E-state index in [0.717, 1.165) is 58.2 Å². The molecule has 0 aromatic heterocycles. The molecule has 1 spiro atoms. The van der Waals surface area contributed by atoms with Crippen LogP contribution in [-0.4, -0.2) is 43.8 Å². The van der Waals surface area contributed by atoms with Crippen molar-refractivity contribution in [3.8, 4) is 0 Å². The first kappa shape index (κ1) is 17.6. The summed E-state index contributed by atoms with van der Waals surface area (Å²) < 4.78 is 23.7. The molecular weight excluding hydrogens is 332 g/mol. The normalized spacial score (nSPS) is 43.6. The van der Waals surface area contributed by atoms with Crippen LogP contribution in [0.25, 0.3) is 0 Å². The van der Waals surface area contributed by atoms with Crippen LogP contribution in [0.5, 0.6) is 0 Å². The first-order valence-corrected chi connectivity index (χ1v) is 10.7. The molecule has 26 heavy (non-hydrogen) atoms. The van der Waals surface area contributed by atoms with Crippen LogP contribution in [0.1, 0.15) is 58.3 Å². The Hall–Kier alpha value is -0.490. The van der Waals surface area contributed by atoms with Gasteiger partial charge in [0.05, 0.1) is 26.4 Å². The average Bonchev–Trinajstić information content (AvgIpc) is 3.37. The van der Waals surface area contributed by atoms with Gasteiger partial charge < -0.3 is 18.9 Å². The Balaban J connectivity index is 1.30. The summed E-state index contributed by atoms with van der Waals surface area (Å²) in [5.74, 6) is 2.34. The summed E-state index contributed by atoms with van der Waals surface area (Å²) in [5, 5.41) is 0. The second-order valence-corrected chi connectivity index (χ2v) is 9.20. The topological polar surface area (TPSA) is 54.0 Å². The Kier molecular flexibility index (Phi) is 4.43. The molecule has 3 saturated carbocycles. The van der Waals surface area contributed by atoms with E-state index in [2.05, 4.69) is 0 Å². The monoisotopic (exact) mass is 364 g/mol. The Labute approximate surface area is 156 Å². The molecule has 2 aliphatic heterocycles. The van der Waals surface area contributed by atoms with Crippen LogP contribution in [0.2, 0.25) is 0 Å². The van der Waals surface area contributed by atoms with E-state index >= 15 is 0 Å². The number of ketones is 1. The van der Waals surface area contributed by atoms with Crippen LogP contribution < -0.4 is 0 Å². The van der Waals surface area contributed by atoms with Gasteiger partial charge in [-0.25, -0.2) is 0 Å². The second-order valence-electron chi connectivity index (χ2n) is 9.20. The number of carbonyl (C=O) groups excluding carboxylic acids is 1. The van der Waals surface area contributed by atoms with E-state index in [0.29, 0.717) is 42.7 Å². The van der Waals surface area contributed by atoms with Gasteiger partial charge in [-0.3, -0.25) is 4.79 Å². The van der Waals surface area contributed by atoms with Crippen molar-refractivity contribution >= 4 is 5.78 Å². The SMILES string of the molecule is CC1(CCC2C(=O)CCC3C2CCC2C3CCC23OCCO3)OCCO1. The standard InChI is InChI=1S/C21H32O5/c1-20(23-10-11-24-20)8-6-17-15-2-4-18-16(14(15)3-5-19(17)22)7-9-21(18)25-12-13-26-21/h14-18H,2-13H2,1H3. The number of carbonyl (C=O) groups is 1. The molecule has 2 heterocycles. The second kappa shape index (κ2) is 6.54. The van der Waals surface area contributed by atoms with Gasteiger partial charge in [-0.15, -0.1) is 0 Å².